The maximum Gasteiger partial charge on any atom is 0.417 e. The van der Waals surface area contributed by atoms with Gasteiger partial charge in [0, 0.05) is 12.4 Å². The van der Waals surface area contributed by atoms with E-state index >= 15 is 0 Å². The number of rotatable bonds is 5. The number of nitrogens with zero attached hydrogens (tertiary/aromatic N) is 2. The molecule has 110 valence electrons. The van der Waals surface area contributed by atoms with E-state index in [0.29, 0.717) is 0 Å². The second-order valence-corrected chi connectivity index (χ2v) is 4.38. The highest BCUT2D eigenvalue weighted by Crippen LogP contribution is 2.28. The average Bonchev–Trinajstić information content (AvgIpc) is 2.47. The maximum absolute atomic E-state index is 12.3. The van der Waals surface area contributed by atoms with Gasteiger partial charge in [-0.2, -0.15) is 18.3 Å². The summed E-state index contributed by atoms with van der Waals surface area (Å²) < 4.78 is 37.0. The number of benzene rings is 1. The van der Waals surface area contributed by atoms with Crippen LogP contribution in [-0.4, -0.2) is 11.2 Å². The Bertz CT molecular complexity index is 577. The van der Waals surface area contributed by atoms with Gasteiger partial charge in [-0.25, -0.2) is 4.98 Å². The lowest BCUT2D eigenvalue weighted by molar-refractivity contribution is -0.137. The summed E-state index contributed by atoms with van der Waals surface area (Å²) in [5, 5.41) is 3.93. The summed E-state index contributed by atoms with van der Waals surface area (Å²) in [6, 6.07) is 12.2. The van der Waals surface area contributed by atoms with E-state index in [9.17, 15) is 13.2 Å². The van der Waals surface area contributed by atoms with E-state index in [-0.39, 0.29) is 5.82 Å². The number of aryl methyl sites for hydroxylation is 1. The lowest BCUT2D eigenvalue weighted by Gasteiger charge is -2.06. The van der Waals surface area contributed by atoms with Crippen LogP contribution in [0.4, 0.5) is 19.0 Å². The molecule has 0 saturated heterocycles. The lowest BCUT2D eigenvalue weighted by Crippen LogP contribution is -2.05. The normalized spacial score (nSPS) is 11.8. The molecule has 0 bridgehead atoms. The molecule has 0 aliphatic heterocycles. The minimum absolute atomic E-state index is 0.277. The zero-order chi connectivity index (χ0) is 15.1. The summed E-state index contributed by atoms with van der Waals surface area (Å²) >= 11 is 0. The molecule has 0 spiro atoms. The minimum atomic E-state index is -4.37. The van der Waals surface area contributed by atoms with Crippen molar-refractivity contribution in [2.45, 2.75) is 19.0 Å². The molecule has 0 aliphatic carbocycles. The predicted molar refractivity (Wildman–Crippen MR) is 76.1 cm³/mol. The quantitative estimate of drug-likeness (QED) is 0.664. The third kappa shape index (κ3) is 4.91. The van der Waals surface area contributed by atoms with Crippen LogP contribution in [0.1, 0.15) is 17.5 Å². The van der Waals surface area contributed by atoms with Gasteiger partial charge in [0.05, 0.1) is 5.56 Å². The highest BCUT2D eigenvalue weighted by molar-refractivity contribution is 5.59. The van der Waals surface area contributed by atoms with E-state index in [1.807, 2.05) is 30.3 Å². The number of pyridine rings is 1. The van der Waals surface area contributed by atoms with Crippen molar-refractivity contribution >= 4 is 12.0 Å². The molecule has 0 amide bonds. The molecule has 0 atom stereocenters. The number of hydrogen-bond donors (Lipinski definition) is 1. The summed E-state index contributed by atoms with van der Waals surface area (Å²) in [5.41, 5.74) is 3.03. The second kappa shape index (κ2) is 6.88. The second-order valence-electron chi connectivity index (χ2n) is 4.38. The summed E-state index contributed by atoms with van der Waals surface area (Å²) in [4.78, 5) is 3.66. The molecule has 1 aromatic carbocycles. The molecule has 6 heteroatoms. The Balaban J connectivity index is 1.79. The number of anilines is 1. The first kappa shape index (κ1) is 15.0. The fraction of sp³-hybridized carbons (Fsp3) is 0.200. The molecule has 0 radical (unpaired) electrons. The van der Waals surface area contributed by atoms with E-state index in [0.717, 1.165) is 25.1 Å². The van der Waals surface area contributed by atoms with Crippen molar-refractivity contribution in [2.24, 2.45) is 5.10 Å². The van der Waals surface area contributed by atoms with Crippen molar-refractivity contribution in [1.29, 1.82) is 0 Å². The van der Waals surface area contributed by atoms with Gasteiger partial charge in [0.15, 0.2) is 0 Å². The van der Waals surface area contributed by atoms with Gasteiger partial charge < -0.3 is 0 Å². The summed E-state index contributed by atoms with van der Waals surface area (Å²) in [6.07, 6.45) is -0.331. The van der Waals surface area contributed by atoms with Gasteiger partial charge in [0.1, 0.15) is 5.82 Å². The fourth-order valence-electron chi connectivity index (χ4n) is 1.68. The first-order chi connectivity index (χ1) is 10.1. The molecule has 1 aromatic heterocycles. The van der Waals surface area contributed by atoms with Crippen molar-refractivity contribution < 1.29 is 13.2 Å². The van der Waals surface area contributed by atoms with Crippen LogP contribution in [0.5, 0.6) is 0 Å². The van der Waals surface area contributed by atoms with E-state index in [4.69, 9.17) is 0 Å². The zero-order valence-electron chi connectivity index (χ0n) is 11.1. The molecule has 0 unspecified atom stereocenters. The fourth-order valence-corrected chi connectivity index (χ4v) is 1.68. The number of alkyl halides is 3. The lowest BCUT2D eigenvalue weighted by atomic mass is 10.1. The Morgan fingerprint density at radius 3 is 2.48 bits per heavy atom. The topological polar surface area (TPSA) is 37.3 Å². The Hall–Kier alpha value is -2.37. The van der Waals surface area contributed by atoms with E-state index in [1.54, 1.807) is 6.21 Å². The Labute approximate surface area is 120 Å². The van der Waals surface area contributed by atoms with Crippen LogP contribution in [0, 0.1) is 0 Å². The molecule has 21 heavy (non-hydrogen) atoms. The standard InChI is InChI=1S/C15H14F3N3/c16-15(17,18)13-8-9-14(19-11-13)21-20-10-4-7-12-5-2-1-3-6-12/h1-3,5-6,8-11H,4,7H2,(H,19,21)/b20-10-. The van der Waals surface area contributed by atoms with Gasteiger partial charge in [-0.05, 0) is 30.5 Å². The van der Waals surface area contributed by atoms with Crippen LogP contribution >= 0.6 is 0 Å². The maximum atomic E-state index is 12.3. The monoisotopic (exact) mass is 293 g/mol. The SMILES string of the molecule is FC(F)(F)c1ccc(N/N=C\CCc2ccccc2)nc1. The summed E-state index contributed by atoms with van der Waals surface area (Å²) in [6.45, 7) is 0. The molecule has 0 saturated carbocycles. The highest BCUT2D eigenvalue weighted by atomic mass is 19.4. The van der Waals surface area contributed by atoms with Crippen molar-refractivity contribution in [1.82, 2.24) is 4.98 Å². The predicted octanol–water partition coefficient (Wildman–Crippen LogP) is 4.13. The molecule has 1 N–H and O–H groups in total. The van der Waals surface area contributed by atoms with Gasteiger partial charge in [0.25, 0.3) is 0 Å². The van der Waals surface area contributed by atoms with Crippen LogP contribution in [0.2, 0.25) is 0 Å². The van der Waals surface area contributed by atoms with Gasteiger partial charge in [0.2, 0.25) is 0 Å². The number of hydrazone groups is 1. The average molecular weight is 293 g/mol. The third-order valence-electron chi connectivity index (χ3n) is 2.77. The summed E-state index contributed by atoms with van der Waals surface area (Å²) in [5.74, 6) is 0.277. The number of hydrogen-bond acceptors (Lipinski definition) is 3. The van der Waals surface area contributed by atoms with Gasteiger partial charge >= 0.3 is 6.18 Å². The van der Waals surface area contributed by atoms with Crippen LogP contribution in [-0.2, 0) is 12.6 Å². The Morgan fingerprint density at radius 2 is 1.86 bits per heavy atom. The molecular formula is C15H14F3N3. The largest absolute Gasteiger partial charge is 0.417 e. The first-order valence-corrected chi connectivity index (χ1v) is 6.40. The van der Waals surface area contributed by atoms with Crippen molar-refractivity contribution in [3.63, 3.8) is 0 Å². The van der Waals surface area contributed by atoms with Gasteiger partial charge in [-0.1, -0.05) is 30.3 Å². The number of halogens is 3. The molecule has 2 rings (SSSR count). The number of aromatic nitrogens is 1. The van der Waals surface area contributed by atoms with Crippen LogP contribution in [0.15, 0.2) is 53.8 Å². The molecule has 2 aromatic rings. The molecule has 1 heterocycles. The highest BCUT2D eigenvalue weighted by Gasteiger charge is 2.30. The minimum Gasteiger partial charge on any atom is -0.262 e. The molecule has 3 nitrogen and oxygen atoms in total. The van der Waals surface area contributed by atoms with Crippen molar-refractivity contribution in [2.75, 3.05) is 5.43 Å². The van der Waals surface area contributed by atoms with E-state index in [2.05, 4.69) is 15.5 Å². The van der Waals surface area contributed by atoms with Crippen molar-refractivity contribution in [3.8, 4) is 0 Å². The first-order valence-electron chi connectivity index (χ1n) is 6.40. The van der Waals surface area contributed by atoms with Crippen molar-refractivity contribution in [3.05, 3.63) is 59.8 Å². The molecule has 0 aliphatic rings. The van der Waals surface area contributed by atoms with Gasteiger partial charge in [-0.3, -0.25) is 5.43 Å². The zero-order valence-corrected chi connectivity index (χ0v) is 11.1. The van der Waals surface area contributed by atoms with E-state index < -0.39 is 11.7 Å². The van der Waals surface area contributed by atoms with Crippen LogP contribution in [0.25, 0.3) is 0 Å². The van der Waals surface area contributed by atoms with E-state index in [1.165, 1.54) is 11.6 Å². The van der Waals surface area contributed by atoms with Gasteiger partial charge in [-0.15, -0.1) is 0 Å². The molecular weight excluding hydrogens is 279 g/mol. The summed E-state index contributed by atoms with van der Waals surface area (Å²) in [7, 11) is 0. The van der Waals surface area contributed by atoms with Crippen LogP contribution < -0.4 is 5.43 Å². The Morgan fingerprint density at radius 1 is 1.10 bits per heavy atom. The Kier molecular flexibility index (Phi) is 4.92. The molecule has 0 fully saturated rings. The van der Waals surface area contributed by atoms with Crippen LogP contribution in [0.3, 0.4) is 0 Å². The third-order valence-corrected chi connectivity index (χ3v) is 2.77. The number of nitrogens with one attached hydrogen (secondary N) is 1. The smallest absolute Gasteiger partial charge is 0.262 e.